The molecule has 2 atom stereocenters. The van der Waals surface area contributed by atoms with E-state index in [1.807, 2.05) is 37.3 Å². The van der Waals surface area contributed by atoms with Crippen LogP contribution in [0.15, 0.2) is 35.4 Å². The molecule has 4 heteroatoms. The van der Waals surface area contributed by atoms with Gasteiger partial charge in [-0.25, -0.2) is 4.90 Å². The van der Waals surface area contributed by atoms with Gasteiger partial charge in [0, 0.05) is 5.03 Å². The van der Waals surface area contributed by atoms with Gasteiger partial charge in [-0.2, -0.15) is 0 Å². The van der Waals surface area contributed by atoms with Gasteiger partial charge in [0.2, 0.25) is 11.8 Å². The maximum Gasteiger partial charge on any atom is 0.238 e. The van der Waals surface area contributed by atoms with Crippen LogP contribution in [0.1, 0.15) is 18.4 Å². The molecule has 98 valence electrons. The average molecular weight is 276 g/mol. The first-order valence-electron chi connectivity index (χ1n) is 6.37. The number of hydrogen-bond acceptors (Lipinski definition) is 2. The number of anilines is 1. The molecule has 0 radical (unpaired) electrons. The number of nitrogens with zero attached hydrogens (tertiary/aromatic N) is 1. The highest BCUT2D eigenvalue weighted by Gasteiger charge is 2.49. The fourth-order valence-corrected chi connectivity index (χ4v) is 3.13. The van der Waals surface area contributed by atoms with E-state index in [1.54, 1.807) is 0 Å². The van der Waals surface area contributed by atoms with E-state index in [4.69, 9.17) is 11.6 Å². The van der Waals surface area contributed by atoms with Crippen molar-refractivity contribution in [2.45, 2.75) is 19.8 Å². The number of allylic oxidation sites excluding steroid dienone is 2. The summed E-state index contributed by atoms with van der Waals surface area (Å²) in [6, 6.07) is 7.46. The van der Waals surface area contributed by atoms with Crippen LogP contribution < -0.4 is 4.90 Å². The zero-order valence-electron chi connectivity index (χ0n) is 10.6. The lowest BCUT2D eigenvalue weighted by Crippen LogP contribution is -2.31. The minimum atomic E-state index is -0.287. The van der Waals surface area contributed by atoms with E-state index in [9.17, 15) is 9.59 Å². The normalized spacial score (nSPS) is 26.4. The molecule has 0 spiro atoms. The highest BCUT2D eigenvalue weighted by molar-refractivity contribution is 6.30. The molecule has 2 aliphatic rings. The van der Waals surface area contributed by atoms with E-state index in [-0.39, 0.29) is 23.7 Å². The van der Waals surface area contributed by atoms with Crippen molar-refractivity contribution in [1.82, 2.24) is 0 Å². The van der Waals surface area contributed by atoms with Crippen molar-refractivity contribution in [2.24, 2.45) is 11.8 Å². The molecule has 1 fully saturated rings. The first kappa shape index (κ1) is 12.4. The van der Waals surface area contributed by atoms with Gasteiger partial charge in [-0.3, -0.25) is 9.59 Å². The molecule has 3 nitrogen and oxygen atoms in total. The highest BCUT2D eigenvalue weighted by atomic mass is 35.5. The number of imide groups is 1. The van der Waals surface area contributed by atoms with Gasteiger partial charge in [-0.1, -0.05) is 35.9 Å². The Kier molecular flexibility index (Phi) is 2.94. The number of hydrogen-bond donors (Lipinski definition) is 0. The van der Waals surface area contributed by atoms with Crippen LogP contribution in [0, 0.1) is 18.8 Å². The second-order valence-electron chi connectivity index (χ2n) is 5.10. The van der Waals surface area contributed by atoms with Gasteiger partial charge in [0.1, 0.15) is 0 Å². The Morgan fingerprint density at radius 3 is 2.58 bits per heavy atom. The third-order valence-electron chi connectivity index (χ3n) is 3.93. The number of para-hydroxylation sites is 1. The summed E-state index contributed by atoms with van der Waals surface area (Å²) in [7, 11) is 0. The summed E-state index contributed by atoms with van der Waals surface area (Å²) in [4.78, 5) is 26.3. The fraction of sp³-hybridized carbons (Fsp3) is 0.333. The van der Waals surface area contributed by atoms with E-state index in [0.29, 0.717) is 23.6 Å². The number of carbonyl (C=O) groups is 2. The van der Waals surface area contributed by atoms with Crippen LogP contribution in [-0.2, 0) is 9.59 Å². The molecule has 1 aliphatic carbocycles. The highest BCUT2D eigenvalue weighted by Crippen LogP contribution is 2.41. The van der Waals surface area contributed by atoms with Crippen molar-refractivity contribution >= 4 is 29.1 Å². The predicted molar refractivity (Wildman–Crippen MR) is 73.8 cm³/mol. The third kappa shape index (κ3) is 1.89. The molecule has 1 heterocycles. The average Bonchev–Trinajstić information content (AvgIpc) is 2.63. The van der Waals surface area contributed by atoms with Gasteiger partial charge < -0.3 is 0 Å². The Balaban J connectivity index is 2.00. The van der Waals surface area contributed by atoms with E-state index < -0.39 is 0 Å². The second-order valence-corrected chi connectivity index (χ2v) is 5.59. The van der Waals surface area contributed by atoms with Gasteiger partial charge in [0.25, 0.3) is 0 Å². The van der Waals surface area contributed by atoms with Crippen molar-refractivity contribution in [3.63, 3.8) is 0 Å². The number of fused-ring (bicyclic) bond motifs is 1. The number of amides is 2. The summed E-state index contributed by atoms with van der Waals surface area (Å²) in [5, 5.41) is 0.689. The zero-order valence-corrected chi connectivity index (χ0v) is 11.4. The molecule has 2 amide bonds. The number of benzene rings is 1. The van der Waals surface area contributed by atoms with Gasteiger partial charge in [0.05, 0.1) is 17.5 Å². The first-order chi connectivity index (χ1) is 9.09. The van der Waals surface area contributed by atoms with E-state index >= 15 is 0 Å². The van der Waals surface area contributed by atoms with Gasteiger partial charge in [0.15, 0.2) is 0 Å². The second kappa shape index (κ2) is 4.49. The van der Waals surface area contributed by atoms with Crippen molar-refractivity contribution in [2.75, 3.05) is 4.90 Å². The van der Waals surface area contributed by atoms with Gasteiger partial charge >= 0.3 is 0 Å². The molecule has 0 unspecified atom stereocenters. The van der Waals surface area contributed by atoms with Crippen molar-refractivity contribution < 1.29 is 9.59 Å². The van der Waals surface area contributed by atoms with Crippen LogP contribution in [0.4, 0.5) is 5.69 Å². The van der Waals surface area contributed by atoms with E-state index in [0.717, 1.165) is 5.56 Å². The van der Waals surface area contributed by atoms with Crippen LogP contribution in [0.25, 0.3) is 0 Å². The van der Waals surface area contributed by atoms with Crippen molar-refractivity contribution in [3.8, 4) is 0 Å². The number of carbonyl (C=O) groups excluding carboxylic acids is 2. The van der Waals surface area contributed by atoms with Crippen LogP contribution in [0.2, 0.25) is 0 Å². The largest absolute Gasteiger partial charge is 0.274 e. The summed E-state index contributed by atoms with van der Waals surface area (Å²) in [6.45, 7) is 1.91. The van der Waals surface area contributed by atoms with E-state index in [2.05, 4.69) is 0 Å². The van der Waals surface area contributed by atoms with Gasteiger partial charge in [-0.15, -0.1) is 0 Å². The summed E-state index contributed by atoms with van der Waals surface area (Å²) in [5.74, 6) is -0.737. The molecule has 0 aromatic heterocycles. The first-order valence-corrected chi connectivity index (χ1v) is 6.75. The Bertz CT molecular complexity index is 594. The summed E-state index contributed by atoms with van der Waals surface area (Å²) < 4.78 is 0. The van der Waals surface area contributed by atoms with E-state index in [1.165, 1.54) is 4.90 Å². The molecule has 1 aromatic carbocycles. The third-order valence-corrected chi connectivity index (χ3v) is 4.23. The molecule has 0 saturated carbocycles. The quantitative estimate of drug-likeness (QED) is 0.739. The van der Waals surface area contributed by atoms with Crippen LogP contribution >= 0.6 is 11.6 Å². The molecule has 19 heavy (non-hydrogen) atoms. The van der Waals surface area contributed by atoms with Crippen molar-refractivity contribution in [1.29, 1.82) is 0 Å². The lowest BCUT2D eigenvalue weighted by Gasteiger charge is -2.17. The van der Waals surface area contributed by atoms with Crippen LogP contribution in [0.5, 0.6) is 0 Å². The molecule has 1 saturated heterocycles. The standard InChI is InChI=1S/C15H14ClNO2/c1-9-4-2-3-5-13(9)17-14(18)11-7-6-10(16)8-12(11)15(17)19/h2-6,11-12H,7-8H2,1H3/t11-,12+/m1/s1. The Labute approximate surface area is 116 Å². The molecule has 0 bridgehead atoms. The lowest BCUT2D eigenvalue weighted by atomic mass is 9.85. The van der Waals surface area contributed by atoms with Crippen LogP contribution in [0.3, 0.4) is 0 Å². The minimum Gasteiger partial charge on any atom is -0.274 e. The Hall–Kier alpha value is -1.61. The number of aryl methyl sites for hydroxylation is 1. The molecular formula is C15H14ClNO2. The zero-order chi connectivity index (χ0) is 13.6. The monoisotopic (exact) mass is 275 g/mol. The van der Waals surface area contributed by atoms with Gasteiger partial charge in [-0.05, 0) is 31.4 Å². The topological polar surface area (TPSA) is 37.4 Å². The van der Waals surface area contributed by atoms with Crippen LogP contribution in [-0.4, -0.2) is 11.8 Å². The fourth-order valence-electron chi connectivity index (χ4n) is 2.88. The summed E-state index contributed by atoms with van der Waals surface area (Å²) in [6.07, 6.45) is 2.91. The smallest absolute Gasteiger partial charge is 0.238 e. The summed E-state index contributed by atoms with van der Waals surface area (Å²) >= 11 is 6.00. The molecular weight excluding hydrogens is 262 g/mol. The molecule has 0 N–H and O–H groups in total. The Morgan fingerprint density at radius 2 is 1.84 bits per heavy atom. The predicted octanol–water partition coefficient (Wildman–Crippen LogP) is 3.02. The molecule has 1 aliphatic heterocycles. The number of rotatable bonds is 1. The van der Waals surface area contributed by atoms with Crippen molar-refractivity contribution in [3.05, 3.63) is 40.9 Å². The summed E-state index contributed by atoms with van der Waals surface area (Å²) in [5.41, 5.74) is 1.63. The molecule has 3 rings (SSSR count). The molecule has 1 aromatic rings. The Morgan fingerprint density at radius 1 is 1.16 bits per heavy atom. The minimum absolute atomic E-state index is 0.0929. The SMILES string of the molecule is Cc1ccccc1N1C(=O)[C@H]2CC(Cl)=CC[C@H]2C1=O. The maximum atomic E-state index is 12.5. The lowest BCUT2D eigenvalue weighted by molar-refractivity contribution is -0.122. The maximum absolute atomic E-state index is 12.5. The number of halogens is 1.